The van der Waals surface area contributed by atoms with Crippen molar-refractivity contribution in [1.82, 2.24) is 9.36 Å². The summed E-state index contributed by atoms with van der Waals surface area (Å²) in [6, 6.07) is 6.61. The van der Waals surface area contributed by atoms with Gasteiger partial charge in [-0.1, -0.05) is 6.07 Å². The molecular weight excluding hydrogens is 266 g/mol. The van der Waals surface area contributed by atoms with E-state index in [1.807, 2.05) is 0 Å². The molecule has 0 spiro atoms. The van der Waals surface area contributed by atoms with Gasteiger partial charge in [-0.05, 0) is 18.2 Å². The maximum atomic E-state index is 11.1. The average Bonchev–Trinajstić information content (AvgIpc) is 2.84. The molecule has 0 saturated heterocycles. The second-order valence-electron chi connectivity index (χ2n) is 3.71. The van der Waals surface area contributed by atoms with Crippen molar-refractivity contribution in [2.45, 2.75) is 6.42 Å². The van der Waals surface area contributed by atoms with E-state index in [9.17, 15) is 4.79 Å². The quantitative estimate of drug-likeness (QED) is 0.868. The van der Waals surface area contributed by atoms with Crippen molar-refractivity contribution in [3.63, 3.8) is 0 Å². The number of primary amides is 1. The molecule has 0 atom stereocenters. The van der Waals surface area contributed by atoms with Gasteiger partial charge in [-0.15, -0.1) is 0 Å². The summed E-state index contributed by atoms with van der Waals surface area (Å²) in [6.07, 6.45) is 0.637. The molecule has 19 heavy (non-hydrogen) atoms. The summed E-state index contributed by atoms with van der Waals surface area (Å²) in [5, 5.41) is 0.424. The molecule has 0 aliphatic heterocycles. The molecule has 0 unspecified atom stereocenters. The predicted octanol–water partition coefficient (Wildman–Crippen LogP) is 1.62. The summed E-state index contributed by atoms with van der Waals surface area (Å²) >= 11 is 1.15. The van der Waals surface area contributed by atoms with E-state index in [0.29, 0.717) is 35.4 Å². The number of hydrogen-bond acceptors (Lipinski definition) is 6. The van der Waals surface area contributed by atoms with Crippen LogP contribution in [-0.2, 0) is 11.2 Å². The summed E-state index contributed by atoms with van der Waals surface area (Å²) in [5.74, 6) is 0.683. The van der Waals surface area contributed by atoms with Gasteiger partial charge in [0.2, 0.25) is 5.91 Å². The van der Waals surface area contributed by atoms with Gasteiger partial charge in [-0.25, -0.2) is 0 Å². The molecule has 0 radical (unpaired) electrons. The highest BCUT2D eigenvalue weighted by atomic mass is 32.1. The second kappa shape index (κ2) is 6.26. The first-order chi connectivity index (χ1) is 9.19. The molecule has 1 aromatic carbocycles. The van der Waals surface area contributed by atoms with Gasteiger partial charge in [-0.3, -0.25) is 4.79 Å². The molecule has 6 nitrogen and oxygen atoms in total. The molecule has 100 valence electrons. The van der Waals surface area contributed by atoms with E-state index in [-0.39, 0.29) is 0 Å². The maximum absolute atomic E-state index is 11.1. The van der Waals surface area contributed by atoms with E-state index < -0.39 is 5.91 Å². The highest BCUT2D eigenvalue weighted by Gasteiger charge is 2.07. The molecule has 7 heteroatoms. The minimum Gasteiger partial charge on any atom is -0.430 e. The Morgan fingerprint density at radius 1 is 1.47 bits per heavy atom. The van der Waals surface area contributed by atoms with Crippen LogP contribution in [0.15, 0.2) is 24.3 Å². The lowest BCUT2D eigenvalue weighted by molar-refractivity contribution is 0.1000. The number of ether oxygens (including phenoxy) is 2. The number of amides is 1. The zero-order chi connectivity index (χ0) is 13.7. The zero-order valence-corrected chi connectivity index (χ0v) is 11.1. The molecule has 1 heterocycles. The molecule has 2 rings (SSSR count). The number of carbonyl (C=O) groups excluding carboxylic acids is 1. The highest BCUT2D eigenvalue weighted by Crippen LogP contribution is 2.23. The Kier molecular flexibility index (Phi) is 4.43. The maximum Gasteiger partial charge on any atom is 0.298 e. The van der Waals surface area contributed by atoms with E-state index in [1.165, 1.54) is 0 Å². The van der Waals surface area contributed by atoms with Crippen molar-refractivity contribution in [2.24, 2.45) is 5.73 Å². The van der Waals surface area contributed by atoms with Crippen molar-refractivity contribution in [1.29, 1.82) is 0 Å². The molecule has 0 bridgehead atoms. The van der Waals surface area contributed by atoms with Gasteiger partial charge in [0.25, 0.3) is 5.19 Å². The first kappa shape index (κ1) is 13.4. The van der Waals surface area contributed by atoms with Gasteiger partial charge in [0.05, 0.1) is 6.61 Å². The van der Waals surface area contributed by atoms with Crippen molar-refractivity contribution < 1.29 is 14.3 Å². The fourth-order valence-corrected chi connectivity index (χ4v) is 1.98. The summed E-state index contributed by atoms with van der Waals surface area (Å²) in [6.45, 7) is 0.563. The second-order valence-corrected chi connectivity index (χ2v) is 4.43. The van der Waals surface area contributed by atoms with Crippen LogP contribution >= 0.6 is 11.5 Å². The minimum atomic E-state index is -0.497. The van der Waals surface area contributed by atoms with Crippen LogP contribution in [0.2, 0.25) is 0 Å². The number of aromatic nitrogens is 2. The number of benzene rings is 1. The van der Waals surface area contributed by atoms with Gasteiger partial charge < -0.3 is 15.2 Å². The van der Waals surface area contributed by atoms with Gasteiger partial charge in [0.15, 0.2) is 0 Å². The topological polar surface area (TPSA) is 87.3 Å². The van der Waals surface area contributed by atoms with Gasteiger partial charge >= 0.3 is 0 Å². The number of methoxy groups -OCH3 is 1. The lowest BCUT2D eigenvalue weighted by Gasteiger charge is -2.02. The van der Waals surface area contributed by atoms with Crippen LogP contribution in [0, 0.1) is 0 Å². The third kappa shape index (κ3) is 3.73. The number of nitrogens with two attached hydrogens (primary N) is 1. The highest BCUT2D eigenvalue weighted by molar-refractivity contribution is 7.07. The van der Waals surface area contributed by atoms with E-state index in [0.717, 1.165) is 11.5 Å². The molecule has 1 aromatic heterocycles. The van der Waals surface area contributed by atoms with Crippen LogP contribution < -0.4 is 10.5 Å². The van der Waals surface area contributed by atoms with Crippen LogP contribution in [0.5, 0.6) is 10.9 Å². The third-order valence-corrected chi connectivity index (χ3v) is 2.94. The summed E-state index contributed by atoms with van der Waals surface area (Å²) in [5.41, 5.74) is 5.59. The lowest BCUT2D eigenvalue weighted by Crippen LogP contribution is -2.10. The molecule has 0 fully saturated rings. The molecule has 2 N–H and O–H groups in total. The Hall–Kier alpha value is -1.99. The van der Waals surface area contributed by atoms with Crippen LogP contribution in [0.4, 0.5) is 0 Å². The number of hydrogen-bond donors (Lipinski definition) is 1. The van der Waals surface area contributed by atoms with Crippen molar-refractivity contribution in [3.05, 3.63) is 35.7 Å². The standard InChI is InChI=1S/C12H13N3O3S/c1-17-6-5-10-14-12(19-15-10)18-9-4-2-3-8(7-9)11(13)16/h2-4,7H,5-6H2,1H3,(H2,13,16). The lowest BCUT2D eigenvalue weighted by atomic mass is 10.2. The Morgan fingerprint density at radius 2 is 2.32 bits per heavy atom. The zero-order valence-electron chi connectivity index (χ0n) is 10.3. The van der Waals surface area contributed by atoms with E-state index in [1.54, 1.807) is 31.4 Å². The van der Waals surface area contributed by atoms with Gasteiger partial charge in [0, 0.05) is 30.6 Å². The van der Waals surface area contributed by atoms with E-state index >= 15 is 0 Å². The van der Waals surface area contributed by atoms with Crippen molar-refractivity contribution in [3.8, 4) is 10.9 Å². The fraction of sp³-hybridized carbons (Fsp3) is 0.250. The Bertz CT molecular complexity index is 571. The summed E-state index contributed by atoms with van der Waals surface area (Å²) in [4.78, 5) is 15.3. The molecular formula is C12H13N3O3S. The average molecular weight is 279 g/mol. The molecule has 0 aliphatic carbocycles. The Morgan fingerprint density at radius 3 is 3.05 bits per heavy atom. The minimum absolute atomic E-state index is 0.390. The van der Waals surface area contributed by atoms with Gasteiger partial charge in [-0.2, -0.15) is 9.36 Å². The first-order valence-corrected chi connectivity index (χ1v) is 6.35. The molecule has 0 aliphatic rings. The SMILES string of the molecule is COCCc1nsc(Oc2cccc(C(N)=O)c2)n1. The van der Waals surface area contributed by atoms with Crippen LogP contribution in [0.25, 0.3) is 0 Å². The van der Waals surface area contributed by atoms with Crippen LogP contribution in [0.1, 0.15) is 16.2 Å². The van der Waals surface area contributed by atoms with Crippen LogP contribution in [-0.4, -0.2) is 29.0 Å². The molecule has 0 saturated carbocycles. The molecule has 1 amide bonds. The van der Waals surface area contributed by atoms with E-state index in [2.05, 4.69) is 9.36 Å². The Labute approximate surface area is 114 Å². The van der Waals surface area contributed by atoms with Crippen molar-refractivity contribution in [2.75, 3.05) is 13.7 Å². The monoisotopic (exact) mass is 279 g/mol. The third-order valence-electron chi connectivity index (χ3n) is 2.30. The summed E-state index contributed by atoms with van der Waals surface area (Å²) in [7, 11) is 1.62. The Balaban J connectivity index is 2.06. The normalized spacial score (nSPS) is 10.4. The smallest absolute Gasteiger partial charge is 0.298 e. The number of carbonyl (C=O) groups is 1. The number of nitrogens with zero attached hydrogens (tertiary/aromatic N) is 2. The van der Waals surface area contributed by atoms with Crippen molar-refractivity contribution >= 4 is 17.4 Å². The van der Waals surface area contributed by atoms with Crippen LogP contribution in [0.3, 0.4) is 0 Å². The first-order valence-electron chi connectivity index (χ1n) is 5.58. The molecule has 2 aromatic rings. The largest absolute Gasteiger partial charge is 0.430 e. The predicted molar refractivity (Wildman–Crippen MR) is 70.5 cm³/mol. The van der Waals surface area contributed by atoms with Gasteiger partial charge in [0.1, 0.15) is 11.6 Å². The summed E-state index contributed by atoms with van der Waals surface area (Å²) < 4.78 is 14.6. The fourth-order valence-electron chi connectivity index (χ4n) is 1.39. The van der Waals surface area contributed by atoms with E-state index in [4.69, 9.17) is 15.2 Å². The number of rotatable bonds is 6.